The first-order valence-electron chi connectivity index (χ1n) is 7.97. The van der Waals surface area contributed by atoms with Crippen LogP contribution in [-0.2, 0) is 0 Å². The first kappa shape index (κ1) is 16.5. The maximum absolute atomic E-state index is 9.70. The molecule has 0 atom stereocenters. The van der Waals surface area contributed by atoms with Crippen molar-refractivity contribution in [1.82, 2.24) is 4.98 Å². The van der Waals surface area contributed by atoms with Crippen LogP contribution in [0.2, 0.25) is 0 Å². The topological polar surface area (TPSA) is 71.9 Å². The van der Waals surface area contributed by atoms with E-state index in [1.54, 1.807) is 7.11 Å². The van der Waals surface area contributed by atoms with E-state index in [2.05, 4.69) is 11.1 Å². The minimum absolute atomic E-state index is 0.253. The molecule has 0 aliphatic heterocycles. The third kappa shape index (κ3) is 2.92. The fraction of sp³-hybridized carbons (Fsp3) is 0.143. The molecular formula is C21H19N3O. The molecular weight excluding hydrogens is 310 g/mol. The number of nitrogens with zero attached hydrogens (tertiary/aromatic N) is 2. The van der Waals surface area contributed by atoms with Gasteiger partial charge in [-0.05, 0) is 42.7 Å². The zero-order valence-electron chi connectivity index (χ0n) is 14.5. The highest BCUT2D eigenvalue weighted by molar-refractivity contribution is 5.91. The van der Waals surface area contributed by atoms with Gasteiger partial charge >= 0.3 is 0 Å². The number of nitrogens with two attached hydrogens (primary N) is 1. The van der Waals surface area contributed by atoms with Crippen LogP contribution in [0, 0.1) is 25.2 Å². The van der Waals surface area contributed by atoms with Crippen molar-refractivity contribution in [3.05, 3.63) is 65.4 Å². The summed E-state index contributed by atoms with van der Waals surface area (Å²) in [5.74, 6) is 1.06. The molecule has 0 unspecified atom stereocenters. The van der Waals surface area contributed by atoms with Crippen LogP contribution in [0.4, 0.5) is 5.82 Å². The SMILES string of the molecule is COc1ccc(-c2c(C#N)c(N)nc(C)c2-c2ccccc2)cc1C. The van der Waals surface area contributed by atoms with Gasteiger partial charge in [0.25, 0.3) is 0 Å². The molecule has 2 N–H and O–H groups in total. The number of pyridine rings is 1. The standard InChI is InChI=1S/C21H19N3O/c1-13-11-16(9-10-18(13)25-3)20-17(12-22)21(23)24-14(2)19(20)15-7-5-4-6-8-15/h4-11H,1-3H3,(H2,23,24). The number of aromatic nitrogens is 1. The predicted molar refractivity (Wildman–Crippen MR) is 100 cm³/mol. The summed E-state index contributed by atoms with van der Waals surface area (Å²) < 4.78 is 5.35. The molecule has 3 aromatic rings. The Morgan fingerprint density at radius 3 is 2.32 bits per heavy atom. The van der Waals surface area contributed by atoms with Gasteiger partial charge in [-0.3, -0.25) is 0 Å². The van der Waals surface area contributed by atoms with Crippen molar-refractivity contribution in [2.45, 2.75) is 13.8 Å². The summed E-state index contributed by atoms with van der Waals surface area (Å²) in [5.41, 5.74) is 11.9. The highest BCUT2D eigenvalue weighted by atomic mass is 16.5. The highest BCUT2D eigenvalue weighted by Crippen LogP contribution is 2.39. The third-order valence-electron chi connectivity index (χ3n) is 4.26. The summed E-state index contributed by atoms with van der Waals surface area (Å²) in [6.07, 6.45) is 0. The van der Waals surface area contributed by atoms with E-state index in [-0.39, 0.29) is 5.82 Å². The largest absolute Gasteiger partial charge is 0.496 e. The van der Waals surface area contributed by atoms with Crippen molar-refractivity contribution in [3.63, 3.8) is 0 Å². The van der Waals surface area contributed by atoms with E-state index in [4.69, 9.17) is 10.5 Å². The zero-order valence-corrected chi connectivity index (χ0v) is 14.5. The van der Waals surface area contributed by atoms with Crippen molar-refractivity contribution in [2.75, 3.05) is 12.8 Å². The van der Waals surface area contributed by atoms with Crippen LogP contribution in [0.1, 0.15) is 16.8 Å². The molecule has 0 bridgehead atoms. The van der Waals surface area contributed by atoms with Crippen LogP contribution in [0.15, 0.2) is 48.5 Å². The Hall–Kier alpha value is -3.32. The van der Waals surface area contributed by atoms with Gasteiger partial charge in [-0.25, -0.2) is 4.98 Å². The summed E-state index contributed by atoms with van der Waals surface area (Å²) in [7, 11) is 1.65. The molecule has 0 aliphatic rings. The number of nitrogen functional groups attached to an aromatic ring is 1. The second kappa shape index (κ2) is 6.66. The van der Waals surface area contributed by atoms with Crippen LogP contribution in [0.3, 0.4) is 0 Å². The molecule has 124 valence electrons. The number of nitriles is 1. The Labute approximate surface area is 147 Å². The van der Waals surface area contributed by atoms with E-state index in [0.29, 0.717) is 5.56 Å². The zero-order chi connectivity index (χ0) is 18.0. The van der Waals surface area contributed by atoms with Crippen molar-refractivity contribution >= 4 is 5.82 Å². The predicted octanol–water partition coefficient (Wildman–Crippen LogP) is 4.49. The molecule has 0 saturated carbocycles. The lowest BCUT2D eigenvalue weighted by Gasteiger charge is -2.17. The Morgan fingerprint density at radius 1 is 1.00 bits per heavy atom. The molecule has 0 radical (unpaired) electrons. The van der Waals surface area contributed by atoms with Crippen LogP contribution in [-0.4, -0.2) is 12.1 Å². The quantitative estimate of drug-likeness (QED) is 0.768. The first-order chi connectivity index (χ1) is 12.1. The van der Waals surface area contributed by atoms with E-state index in [1.165, 1.54) is 0 Å². The Bertz CT molecular complexity index is 973. The molecule has 0 spiro atoms. The van der Waals surface area contributed by atoms with Gasteiger partial charge in [0.05, 0.1) is 7.11 Å². The van der Waals surface area contributed by atoms with Gasteiger partial charge in [-0.2, -0.15) is 5.26 Å². The molecule has 1 aromatic heterocycles. The molecule has 4 heteroatoms. The van der Waals surface area contributed by atoms with Crippen LogP contribution < -0.4 is 10.5 Å². The Morgan fingerprint density at radius 2 is 1.72 bits per heavy atom. The van der Waals surface area contributed by atoms with E-state index in [9.17, 15) is 5.26 Å². The molecule has 3 rings (SSSR count). The van der Waals surface area contributed by atoms with Crippen molar-refractivity contribution in [2.24, 2.45) is 0 Å². The lowest BCUT2D eigenvalue weighted by Crippen LogP contribution is -2.03. The lowest BCUT2D eigenvalue weighted by molar-refractivity contribution is 0.412. The molecule has 1 heterocycles. The summed E-state index contributed by atoms with van der Waals surface area (Å²) in [6, 6.07) is 18.0. The summed E-state index contributed by atoms with van der Waals surface area (Å²) in [5, 5.41) is 9.70. The smallest absolute Gasteiger partial charge is 0.142 e. The Balaban J connectivity index is 2.38. The highest BCUT2D eigenvalue weighted by Gasteiger charge is 2.19. The van der Waals surface area contributed by atoms with Crippen LogP contribution in [0.5, 0.6) is 5.75 Å². The number of aryl methyl sites for hydroxylation is 2. The maximum Gasteiger partial charge on any atom is 0.142 e. The minimum atomic E-state index is 0.253. The van der Waals surface area contributed by atoms with Crippen molar-refractivity contribution < 1.29 is 4.74 Å². The average Bonchev–Trinajstić information content (AvgIpc) is 2.61. The molecule has 0 saturated heterocycles. The number of rotatable bonds is 3. The fourth-order valence-electron chi connectivity index (χ4n) is 3.12. The number of benzene rings is 2. The van der Waals surface area contributed by atoms with Gasteiger partial charge < -0.3 is 10.5 Å². The minimum Gasteiger partial charge on any atom is -0.496 e. The summed E-state index contributed by atoms with van der Waals surface area (Å²) >= 11 is 0. The first-order valence-corrected chi connectivity index (χ1v) is 7.97. The summed E-state index contributed by atoms with van der Waals surface area (Å²) in [6.45, 7) is 3.90. The van der Waals surface area contributed by atoms with Gasteiger partial charge in [0.1, 0.15) is 23.2 Å². The number of ether oxygens (including phenoxy) is 1. The second-order valence-electron chi connectivity index (χ2n) is 5.87. The molecule has 4 nitrogen and oxygen atoms in total. The van der Waals surface area contributed by atoms with Gasteiger partial charge in [0.2, 0.25) is 0 Å². The van der Waals surface area contributed by atoms with E-state index in [0.717, 1.165) is 39.3 Å². The lowest BCUT2D eigenvalue weighted by atomic mass is 9.89. The molecule has 0 fully saturated rings. The second-order valence-corrected chi connectivity index (χ2v) is 5.87. The number of hydrogen-bond acceptors (Lipinski definition) is 4. The van der Waals surface area contributed by atoms with Crippen molar-refractivity contribution in [1.29, 1.82) is 5.26 Å². The molecule has 2 aromatic carbocycles. The Kier molecular flexibility index (Phi) is 4.40. The number of hydrogen-bond donors (Lipinski definition) is 1. The monoisotopic (exact) mass is 329 g/mol. The van der Waals surface area contributed by atoms with Gasteiger partial charge in [0, 0.05) is 16.8 Å². The number of methoxy groups -OCH3 is 1. The number of anilines is 1. The normalized spacial score (nSPS) is 10.3. The maximum atomic E-state index is 9.70. The van der Waals surface area contributed by atoms with Crippen LogP contribution >= 0.6 is 0 Å². The van der Waals surface area contributed by atoms with E-state index < -0.39 is 0 Å². The summed E-state index contributed by atoms with van der Waals surface area (Å²) in [4.78, 5) is 4.39. The van der Waals surface area contributed by atoms with Gasteiger partial charge in [0.15, 0.2) is 0 Å². The fourth-order valence-corrected chi connectivity index (χ4v) is 3.12. The third-order valence-corrected chi connectivity index (χ3v) is 4.26. The average molecular weight is 329 g/mol. The van der Waals surface area contributed by atoms with E-state index in [1.807, 2.05) is 62.4 Å². The molecule has 0 aliphatic carbocycles. The molecule has 25 heavy (non-hydrogen) atoms. The van der Waals surface area contributed by atoms with Gasteiger partial charge in [-0.1, -0.05) is 36.4 Å². The van der Waals surface area contributed by atoms with Crippen LogP contribution in [0.25, 0.3) is 22.3 Å². The van der Waals surface area contributed by atoms with Crippen molar-refractivity contribution in [3.8, 4) is 34.1 Å². The van der Waals surface area contributed by atoms with Gasteiger partial charge in [-0.15, -0.1) is 0 Å². The molecule has 0 amide bonds. The van der Waals surface area contributed by atoms with E-state index >= 15 is 0 Å².